The molecule has 13 heteroatoms. The molecule has 1 aromatic heterocycles. The summed E-state index contributed by atoms with van der Waals surface area (Å²) in [4.78, 5) is 17.8. The fraction of sp³-hybridized carbons (Fsp3) is 0.450. The lowest BCUT2D eigenvalue weighted by Gasteiger charge is -2.22. The molecule has 0 N–H and O–H groups in total. The predicted octanol–water partition coefficient (Wildman–Crippen LogP) is 2.05. The minimum atomic E-state index is -4.00. The van der Waals surface area contributed by atoms with Gasteiger partial charge in [0.1, 0.15) is 23.4 Å². The average Bonchev–Trinajstić information content (AvgIpc) is 2.97. The Bertz CT molecular complexity index is 1380. The van der Waals surface area contributed by atoms with Gasteiger partial charge < -0.3 is 9.02 Å². The van der Waals surface area contributed by atoms with Gasteiger partial charge in [0.2, 0.25) is 11.7 Å². The van der Waals surface area contributed by atoms with Crippen LogP contribution in [0.4, 0.5) is 4.39 Å². The van der Waals surface area contributed by atoms with Gasteiger partial charge in [-0.25, -0.2) is 17.5 Å². The fourth-order valence-electron chi connectivity index (χ4n) is 3.81. The number of hydrogen-bond acceptors (Lipinski definition) is 9. The summed E-state index contributed by atoms with van der Waals surface area (Å²) in [5.41, 5.74) is 0.165. The summed E-state index contributed by atoms with van der Waals surface area (Å²) < 4.78 is 71.0. The highest BCUT2D eigenvalue weighted by atomic mass is 32.2. The molecule has 0 bridgehead atoms. The van der Waals surface area contributed by atoms with Crippen LogP contribution in [0, 0.1) is 19.7 Å². The number of carbonyl (C=O) groups is 1. The highest BCUT2D eigenvalue weighted by molar-refractivity contribution is 7.91. The number of rotatable bonds is 7. The van der Waals surface area contributed by atoms with Crippen molar-refractivity contribution < 1.29 is 35.0 Å². The van der Waals surface area contributed by atoms with Gasteiger partial charge in [0.15, 0.2) is 9.84 Å². The molecule has 2 aromatic rings. The molecule has 0 radical (unpaired) electrons. The Labute approximate surface area is 191 Å². The zero-order valence-corrected chi connectivity index (χ0v) is 20.4. The largest absolute Gasteiger partial charge is 0.399 e. The molecule has 0 aliphatic carbocycles. The summed E-state index contributed by atoms with van der Waals surface area (Å²) in [7, 11) is -5.25. The summed E-state index contributed by atoms with van der Waals surface area (Å²) in [5, 5.41) is 7.91. The van der Waals surface area contributed by atoms with E-state index in [1.807, 2.05) is 0 Å². The van der Waals surface area contributed by atoms with Gasteiger partial charge in [0, 0.05) is 24.6 Å². The number of halogens is 1. The van der Waals surface area contributed by atoms with Gasteiger partial charge in [-0.05, 0) is 31.9 Å². The lowest BCUT2D eigenvalue weighted by Crippen LogP contribution is -2.26. The molecule has 33 heavy (non-hydrogen) atoms. The molecule has 2 heterocycles. The molecule has 0 fully saturated rings. The number of fused-ring (bicyclic) bond motifs is 1. The molecule has 10 nitrogen and oxygen atoms in total. The molecule has 3 rings (SSSR count). The van der Waals surface area contributed by atoms with Crippen molar-refractivity contribution in [3.63, 3.8) is 0 Å². The maximum absolute atomic E-state index is 15.1. The molecule has 1 aliphatic heterocycles. The van der Waals surface area contributed by atoms with Crippen LogP contribution in [0.3, 0.4) is 0 Å². The molecule has 0 saturated heterocycles. The van der Waals surface area contributed by atoms with Crippen LogP contribution in [0.15, 0.2) is 16.1 Å². The lowest BCUT2D eigenvalue weighted by atomic mass is 9.92. The summed E-state index contributed by atoms with van der Waals surface area (Å²) >= 11 is 0. The quantitative estimate of drug-likeness (QED) is 0.320. The number of aromatic nitrogens is 2. The molecular formula is C20H24FN3O7S2. The predicted molar refractivity (Wildman–Crippen MR) is 117 cm³/mol. The van der Waals surface area contributed by atoms with Crippen molar-refractivity contribution in [2.75, 3.05) is 18.6 Å². The molecule has 1 aromatic carbocycles. The highest BCUT2D eigenvalue weighted by Crippen LogP contribution is 2.35. The van der Waals surface area contributed by atoms with Crippen molar-refractivity contribution in [1.82, 2.24) is 9.78 Å². The van der Waals surface area contributed by atoms with E-state index in [1.165, 1.54) is 28.0 Å². The van der Waals surface area contributed by atoms with Crippen LogP contribution in [-0.4, -0.2) is 56.7 Å². The van der Waals surface area contributed by atoms with E-state index in [2.05, 4.69) is 10.3 Å². The van der Waals surface area contributed by atoms with E-state index in [1.54, 1.807) is 6.92 Å². The monoisotopic (exact) mass is 501 g/mol. The van der Waals surface area contributed by atoms with E-state index >= 15 is 4.39 Å². The first kappa shape index (κ1) is 24.8. The Morgan fingerprint density at radius 1 is 1.33 bits per heavy atom. The van der Waals surface area contributed by atoms with E-state index in [9.17, 15) is 21.6 Å². The van der Waals surface area contributed by atoms with Gasteiger partial charge in [-0.3, -0.25) is 4.79 Å². The SMILES string of the molecule is CCCS(=O)(=O)Oc1c(C(=O)c2cc(F)c3c(c2C)/C(=N/OC)CCS3(=O)=O)c(C)nn1C. The molecule has 0 unspecified atom stereocenters. The van der Waals surface area contributed by atoms with E-state index in [4.69, 9.17) is 9.02 Å². The van der Waals surface area contributed by atoms with Crippen LogP contribution in [0.25, 0.3) is 0 Å². The zero-order valence-electron chi connectivity index (χ0n) is 18.8. The Hall–Kier alpha value is -2.80. The van der Waals surface area contributed by atoms with Gasteiger partial charge in [0.05, 0.1) is 22.9 Å². The molecule has 0 spiro atoms. The third-order valence-corrected chi connectivity index (χ3v) is 8.29. The normalized spacial score (nSPS) is 16.5. The van der Waals surface area contributed by atoms with Crippen molar-refractivity contribution in [3.05, 3.63) is 39.8 Å². The summed E-state index contributed by atoms with van der Waals surface area (Å²) in [6.45, 7) is 4.62. The first-order valence-electron chi connectivity index (χ1n) is 10.0. The van der Waals surface area contributed by atoms with E-state index in [0.717, 1.165) is 10.7 Å². The Morgan fingerprint density at radius 2 is 2.00 bits per heavy atom. The third kappa shape index (κ3) is 4.51. The van der Waals surface area contributed by atoms with Crippen LogP contribution in [0.1, 0.15) is 52.5 Å². The van der Waals surface area contributed by atoms with Crippen LogP contribution in [0.2, 0.25) is 0 Å². The van der Waals surface area contributed by atoms with E-state index < -0.39 is 36.5 Å². The maximum atomic E-state index is 15.1. The van der Waals surface area contributed by atoms with Gasteiger partial charge in [-0.15, -0.1) is 0 Å². The number of nitrogens with zero attached hydrogens (tertiary/aromatic N) is 3. The van der Waals surface area contributed by atoms with Gasteiger partial charge in [-0.2, -0.15) is 13.5 Å². The minimum Gasteiger partial charge on any atom is -0.399 e. The highest BCUT2D eigenvalue weighted by Gasteiger charge is 2.36. The van der Waals surface area contributed by atoms with Crippen molar-refractivity contribution >= 4 is 31.5 Å². The maximum Gasteiger partial charge on any atom is 0.310 e. The number of oxime groups is 1. The summed E-state index contributed by atoms with van der Waals surface area (Å²) in [6, 6.07) is 0.834. The van der Waals surface area contributed by atoms with Crippen molar-refractivity contribution in [3.8, 4) is 5.88 Å². The zero-order chi connectivity index (χ0) is 24.7. The first-order chi connectivity index (χ1) is 15.3. The third-order valence-electron chi connectivity index (χ3n) is 5.20. The lowest BCUT2D eigenvalue weighted by molar-refractivity contribution is 0.103. The minimum absolute atomic E-state index is 0.0172. The summed E-state index contributed by atoms with van der Waals surface area (Å²) in [5.74, 6) is -2.79. The van der Waals surface area contributed by atoms with Gasteiger partial charge >= 0.3 is 10.1 Å². The summed E-state index contributed by atoms with van der Waals surface area (Å²) in [6.07, 6.45) is 0.282. The number of carbonyl (C=O) groups excluding carboxylic acids is 1. The van der Waals surface area contributed by atoms with Crippen LogP contribution in [-0.2, 0) is 31.8 Å². The second-order valence-corrected chi connectivity index (χ2v) is 11.3. The topological polar surface area (TPSA) is 134 Å². The van der Waals surface area contributed by atoms with Crippen LogP contribution >= 0.6 is 0 Å². The number of ketones is 1. The standard InChI is InChI=1S/C20H24FN3O7S2/c1-6-8-33(28,29)31-20-17(12(3)22-24(20)4)18(25)13-10-14(21)19-16(11(13)2)15(23-30-5)7-9-32(19,26)27/h10H,6-9H2,1-5H3/b23-15+. The Balaban J connectivity index is 2.25. The molecule has 0 amide bonds. The molecular weight excluding hydrogens is 477 g/mol. The number of hydrogen-bond donors (Lipinski definition) is 0. The fourth-order valence-corrected chi connectivity index (χ4v) is 6.43. The Morgan fingerprint density at radius 3 is 2.61 bits per heavy atom. The van der Waals surface area contributed by atoms with Crippen molar-refractivity contribution in [1.29, 1.82) is 0 Å². The van der Waals surface area contributed by atoms with Gasteiger partial charge in [0.25, 0.3) is 0 Å². The van der Waals surface area contributed by atoms with Crippen LogP contribution in [0.5, 0.6) is 5.88 Å². The van der Waals surface area contributed by atoms with E-state index in [0.29, 0.717) is 6.42 Å². The molecule has 0 atom stereocenters. The number of sulfone groups is 1. The van der Waals surface area contributed by atoms with Gasteiger partial charge in [-0.1, -0.05) is 12.1 Å². The molecule has 1 aliphatic rings. The van der Waals surface area contributed by atoms with Crippen molar-refractivity contribution in [2.45, 2.75) is 38.5 Å². The average molecular weight is 502 g/mol. The Kier molecular flexibility index (Phi) is 6.67. The number of benzene rings is 1. The van der Waals surface area contributed by atoms with E-state index in [-0.39, 0.29) is 57.5 Å². The molecule has 180 valence electrons. The molecule has 0 saturated carbocycles. The second-order valence-electron chi connectivity index (χ2n) is 7.59. The first-order valence-corrected chi connectivity index (χ1v) is 13.2. The second kappa shape index (κ2) is 8.86. The number of aryl methyl sites for hydroxylation is 2. The van der Waals surface area contributed by atoms with Crippen LogP contribution < -0.4 is 4.18 Å². The van der Waals surface area contributed by atoms with Crippen molar-refractivity contribution in [2.24, 2.45) is 12.2 Å². The smallest absolute Gasteiger partial charge is 0.310 e.